The molecule has 3 rings (SSSR count). The van der Waals surface area contributed by atoms with E-state index in [2.05, 4.69) is 37.3 Å². The number of hydrogen-bond donors (Lipinski definition) is 1. The largest absolute Gasteiger partial charge is 0.398 e. The second-order valence-corrected chi connectivity index (χ2v) is 5.63. The summed E-state index contributed by atoms with van der Waals surface area (Å²) in [6.07, 6.45) is 6.70. The van der Waals surface area contributed by atoms with Crippen LogP contribution in [0.2, 0.25) is 0 Å². The molecule has 0 saturated heterocycles. The van der Waals surface area contributed by atoms with Crippen molar-refractivity contribution in [3.63, 3.8) is 0 Å². The van der Waals surface area contributed by atoms with Gasteiger partial charge in [0, 0.05) is 5.69 Å². The van der Waals surface area contributed by atoms with E-state index in [0.29, 0.717) is 5.92 Å². The van der Waals surface area contributed by atoms with Gasteiger partial charge in [0.05, 0.1) is 0 Å². The highest BCUT2D eigenvalue weighted by Crippen LogP contribution is 2.39. The molecule has 0 spiro atoms. The predicted octanol–water partition coefficient (Wildman–Crippen LogP) is 4.78. The van der Waals surface area contributed by atoms with Crippen molar-refractivity contribution in [2.24, 2.45) is 0 Å². The van der Waals surface area contributed by atoms with Crippen LogP contribution < -0.4 is 5.73 Å². The van der Waals surface area contributed by atoms with Gasteiger partial charge in [-0.15, -0.1) is 0 Å². The number of hydrogen-bond acceptors (Lipinski definition) is 1. The SMILES string of the molecule is Cc1ccc2ccc(N)c(C3CCCCC3)c2c1. The van der Waals surface area contributed by atoms with Gasteiger partial charge in [0.15, 0.2) is 0 Å². The molecule has 2 aromatic carbocycles. The maximum absolute atomic E-state index is 6.27. The minimum Gasteiger partial charge on any atom is -0.398 e. The Kier molecular flexibility index (Phi) is 2.99. The van der Waals surface area contributed by atoms with Crippen molar-refractivity contribution in [1.82, 2.24) is 0 Å². The molecule has 1 nitrogen and oxygen atoms in total. The van der Waals surface area contributed by atoms with Crippen molar-refractivity contribution in [2.75, 3.05) is 5.73 Å². The standard InChI is InChI=1S/C17H21N/c1-12-7-8-13-9-10-16(18)17(15(13)11-12)14-5-3-2-4-6-14/h7-11,14H,2-6,18H2,1H3. The Hall–Kier alpha value is -1.50. The molecule has 0 aliphatic heterocycles. The van der Waals surface area contributed by atoms with Gasteiger partial charge in [0.2, 0.25) is 0 Å². The zero-order chi connectivity index (χ0) is 12.5. The molecule has 18 heavy (non-hydrogen) atoms. The molecule has 2 aromatic rings. The lowest BCUT2D eigenvalue weighted by molar-refractivity contribution is 0.446. The third-order valence-corrected chi connectivity index (χ3v) is 4.27. The highest BCUT2D eigenvalue weighted by molar-refractivity contribution is 5.90. The molecule has 0 heterocycles. The number of nitrogen functional groups attached to an aromatic ring is 1. The van der Waals surface area contributed by atoms with Crippen molar-refractivity contribution in [3.8, 4) is 0 Å². The van der Waals surface area contributed by atoms with Gasteiger partial charge in [-0.1, -0.05) is 49.1 Å². The number of fused-ring (bicyclic) bond motifs is 1. The Morgan fingerprint density at radius 2 is 1.72 bits per heavy atom. The van der Waals surface area contributed by atoms with Crippen molar-refractivity contribution in [3.05, 3.63) is 41.5 Å². The lowest BCUT2D eigenvalue weighted by Gasteiger charge is -2.25. The molecule has 0 aromatic heterocycles. The van der Waals surface area contributed by atoms with Crippen molar-refractivity contribution in [1.29, 1.82) is 0 Å². The summed E-state index contributed by atoms with van der Waals surface area (Å²) >= 11 is 0. The van der Waals surface area contributed by atoms with E-state index < -0.39 is 0 Å². The van der Waals surface area contributed by atoms with Crippen LogP contribution in [0.4, 0.5) is 5.69 Å². The van der Waals surface area contributed by atoms with E-state index >= 15 is 0 Å². The molecular formula is C17H21N. The van der Waals surface area contributed by atoms with Crippen LogP contribution in [0.15, 0.2) is 30.3 Å². The normalized spacial score (nSPS) is 17.2. The third kappa shape index (κ3) is 1.98. The molecular weight excluding hydrogens is 218 g/mol. The third-order valence-electron chi connectivity index (χ3n) is 4.27. The first-order chi connectivity index (χ1) is 8.75. The van der Waals surface area contributed by atoms with Gasteiger partial charge >= 0.3 is 0 Å². The molecule has 1 heteroatoms. The molecule has 0 atom stereocenters. The van der Waals surface area contributed by atoms with Crippen LogP contribution in [0.25, 0.3) is 10.8 Å². The van der Waals surface area contributed by atoms with Gasteiger partial charge in [-0.25, -0.2) is 0 Å². The van der Waals surface area contributed by atoms with Gasteiger partial charge in [-0.3, -0.25) is 0 Å². The highest BCUT2D eigenvalue weighted by Gasteiger charge is 2.19. The molecule has 1 fully saturated rings. The van der Waals surface area contributed by atoms with Gasteiger partial charge < -0.3 is 5.73 Å². The lowest BCUT2D eigenvalue weighted by atomic mass is 9.81. The molecule has 0 amide bonds. The Morgan fingerprint density at radius 1 is 1.00 bits per heavy atom. The van der Waals surface area contributed by atoms with Gasteiger partial charge in [-0.05, 0) is 48.1 Å². The first-order valence-electron chi connectivity index (χ1n) is 7.04. The Balaban J connectivity index is 2.18. The topological polar surface area (TPSA) is 26.0 Å². The van der Waals surface area contributed by atoms with Crippen molar-refractivity contribution in [2.45, 2.75) is 44.9 Å². The average Bonchev–Trinajstić information content (AvgIpc) is 2.39. The van der Waals surface area contributed by atoms with E-state index in [1.807, 2.05) is 0 Å². The smallest absolute Gasteiger partial charge is 0.0355 e. The maximum Gasteiger partial charge on any atom is 0.0355 e. The summed E-state index contributed by atoms with van der Waals surface area (Å²) in [6, 6.07) is 10.9. The zero-order valence-corrected chi connectivity index (χ0v) is 11.1. The van der Waals surface area contributed by atoms with Crippen LogP contribution in [0, 0.1) is 6.92 Å². The summed E-state index contributed by atoms with van der Waals surface area (Å²) in [6.45, 7) is 2.16. The first kappa shape index (κ1) is 11.6. The summed E-state index contributed by atoms with van der Waals surface area (Å²) in [7, 11) is 0. The monoisotopic (exact) mass is 239 g/mol. The fourth-order valence-electron chi connectivity index (χ4n) is 3.32. The summed E-state index contributed by atoms with van der Waals surface area (Å²) in [5, 5.41) is 2.71. The van der Waals surface area contributed by atoms with E-state index in [1.54, 1.807) is 0 Å². The summed E-state index contributed by atoms with van der Waals surface area (Å²) in [5.41, 5.74) is 9.99. The van der Waals surface area contributed by atoms with Crippen LogP contribution in [0.1, 0.15) is 49.1 Å². The molecule has 0 unspecified atom stereocenters. The number of nitrogens with two attached hydrogens (primary N) is 1. The van der Waals surface area contributed by atoms with Crippen LogP contribution in [-0.2, 0) is 0 Å². The number of benzene rings is 2. The first-order valence-corrected chi connectivity index (χ1v) is 7.04. The van der Waals surface area contributed by atoms with Crippen LogP contribution in [0.5, 0.6) is 0 Å². The van der Waals surface area contributed by atoms with E-state index in [0.717, 1.165) is 5.69 Å². The second-order valence-electron chi connectivity index (χ2n) is 5.63. The second kappa shape index (κ2) is 4.64. The average molecular weight is 239 g/mol. The summed E-state index contributed by atoms with van der Waals surface area (Å²) in [4.78, 5) is 0. The van der Waals surface area contributed by atoms with Gasteiger partial charge in [0.25, 0.3) is 0 Å². The number of anilines is 1. The minimum absolute atomic E-state index is 0.671. The predicted molar refractivity (Wildman–Crippen MR) is 78.9 cm³/mol. The highest BCUT2D eigenvalue weighted by atomic mass is 14.6. The Morgan fingerprint density at radius 3 is 2.50 bits per heavy atom. The summed E-state index contributed by atoms with van der Waals surface area (Å²) in [5.74, 6) is 0.671. The molecule has 94 valence electrons. The number of rotatable bonds is 1. The molecule has 1 aliphatic carbocycles. The number of aryl methyl sites for hydroxylation is 1. The van der Waals surface area contributed by atoms with Crippen LogP contribution >= 0.6 is 0 Å². The Bertz CT molecular complexity index is 560. The van der Waals surface area contributed by atoms with E-state index in [9.17, 15) is 0 Å². The van der Waals surface area contributed by atoms with Crippen LogP contribution in [0.3, 0.4) is 0 Å². The van der Waals surface area contributed by atoms with Crippen molar-refractivity contribution < 1.29 is 0 Å². The van der Waals surface area contributed by atoms with Crippen molar-refractivity contribution >= 4 is 16.5 Å². The lowest BCUT2D eigenvalue weighted by Crippen LogP contribution is -2.08. The van der Waals surface area contributed by atoms with Gasteiger partial charge in [-0.2, -0.15) is 0 Å². The van der Waals surface area contributed by atoms with E-state index in [4.69, 9.17) is 5.73 Å². The van der Waals surface area contributed by atoms with E-state index in [1.165, 1.54) is 54.0 Å². The van der Waals surface area contributed by atoms with Gasteiger partial charge in [0.1, 0.15) is 0 Å². The Labute approximate surface area is 109 Å². The zero-order valence-electron chi connectivity index (χ0n) is 11.1. The maximum atomic E-state index is 6.27. The summed E-state index contributed by atoms with van der Waals surface area (Å²) < 4.78 is 0. The minimum atomic E-state index is 0.671. The van der Waals surface area contributed by atoms with Crippen LogP contribution in [-0.4, -0.2) is 0 Å². The molecule has 0 bridgehead atoms. The molecule has 2 N–H and O–H groups in total. The van der Waals surface area contributed by atoms with E-state index in [-0.39, 0.29) is 0 Å². The fraction of sp³-hybridized carbons (Fsp3) is 0.412. The fourth-order valence-corrected chi connectivity index (χ4v) is 3.32. The molecule has 0 radical (unpaired) electrons. The molecule has 1 aliphatic rings. The molecule has 1 saturated carbocycles. The quantitative estimate of drug-likeness (QED) is 0.712.